The van der Waals surface area contributed by atoms with Gasteiger partial charge < -0.3 is 19.8 Å². The van der Waals surface area contributed by atoms with Crippen LogP contribution in [0.1, 0.15) is 62.8 Å². The standard InChI is InChI=1S/C24H37ClN2O3.2ClH/c25-20-7-4-6-19(16-20)22(24(29)10-2-1-3-11-24)18-27-14-12-26(13-15-27)17-21-8-5-9-23(28)30-21;;/h4,6-7,16,21-23,28-29H,1-3,5,8-15,17-18H2;2*1H. The Kier molecular flexibility index (Phi) is 11.5. The van der Waals surface area contributed by atoms with Crippen LogP contribution in [0.5, 0.6) is 0 Å². The van der Waals surface area contributed by atoms with Gasteiger partial charge in [0.05, 0.1) is 11.7 Å². The van der Waals surface area contributed by atoms with Crippen LogP contribution in [0.4, 0.5) is 0 Å². The SMILES string of the molecule is Cl.Cl.OC1CCCC(CN2CCN(CC(c3cccc(Cl)c3)C3(O)CCCCC3)CC2)O1. The van der Waals surface area contributed by atoms with E-state index in [0.717, 1.165) is 89.2 Å². The first-order valence-electron chi connectivity index (χ1n) is 11.8. The van der Waals surface area contributed by atoms with Crippen molar-refractivity contribution in [2.75, 3.05) is 39.3 Å². The molecule has 5 nitrogen and oxygen atoms in total. The number of ether oxygens (including phenoxy) is 1. The molecule has 2 N–H and O–H groups in total. The predicted molar refractivity (Wildman–Crippen MR) is 134 cm³/mol. The number of nitrogens with zero attached hydrogens (tertiary/aromatic N) is 2. The lowest BCUT2D eigenvalue weighted by Crippen LogP contribution is -2.52. The molecule has 1 saturated carbocycles. The summed E-state index contributed by atoms with van der Waals surface area (Å²) in [5, 5.41) is 22.1. The molecule has 2 saturated heterocycles. The van der Waals surface area contributed by atoms with E-state index in [1.807, 2.05) is 18.2 Å². The van der Waals surface area contributed by atoms with Crippen molar-refractivity contribution < 1.29 is 14.9 Å². The Balaban J connectivity index is 0.00000181. The van der Waals surface area contributed by atoms with Crippen LogP contribution in [-0.2, 0) is 4.74 Å². The van der Waals surface area contributed by atoms with E-state index in [0.29, 0.717) is 0 Å². The maximum atomic E-state index is 11.6. The number of piperazine rings is 1. The molecule has 184 valence electrons. The number of halogens is 3. The third-order valence-electron chi connectivity index (χ3n) is 7.31. The molecule has 0 spiro atoms. The normalized spacial score (nSPS) is 27.7. The highest BCUT2D eigenvalue weighted by atomic mass is 35.5. The van der Waals surface area contributed by atoms with Crippen LogP contribution < -0.4 is 0 Å². The van der Waals surface area contributed by atoms with Crippen LogP contribution in [0.25, 0.3) is 0 Å². The van der Waals surface area contributed by atoms with Crippen LogP contribution in [0.3, 0.4) is 0 Å². The molecule has 1 aliphatic carbocycles. The highest BCUT2D eigenvalue weighted by molar-refractivity contribution is 6.30. The van der Waals surface area contributed by atoms with Crippen LogP contribution in [0.15, 0.2) is 24.3 Å². The minimum atomic E-state index is -0.633. The van der Waals surface area contributed by atoms with Gasteiger partial charge in [-0.05, 0) is 49.8 Å². The van der Waals surface area contributed by atoms with Crippen LogP contribution in [0, 0.1) is 0 Å². The fourth-order valence-corrected chi connectivity index (χ4v) is 5.73. The topological polar surface area (TPSA) is 56.2 Å². The van der Waals surface area contributed by atoms with Crippen LogP contribution in [0.2, 0.25) is 5.02 Å². The summed E-state index contributed by atoms with van der Waals surface area (Å²) in [4.78, 5) is 4.97. The molecule has 32 heavy (non-hydrogen) atoms. The molecule has 0 bridgehead atoms. The summed E-state index contributed by atoms with van der Waals surface area (Å²) >= 11 is 6.31. The highest BCUT2D eigenvalue weighted by Gasteiger charge is 2.40. The Morgan fingerprint density at radius 1 is 1.00 bits per heavy atom. The average molecular weight is 510 g/mol. The summed E-state index contributed by atoms with van der Waals surface area (Å²) in [5.41, 5.74) is 0.533. The van der Waals surface area contributed by atoms with E-state index >= 15 is 0 Å². The van der Waals surface area contributed by atoms with E-state index in [9.17, 15) is 10.2 Å². The maximum Gasteiger partial charge on any atom is 0.154 e. The Labute approximate surface area is 210 Å². The predicted octanol–water partition coefficient (Wildman–Crippen LogP) is 4.47. The third kappa shape index (κ3) is 7.44. The van der Waals surface area contributed by atoms with Gasteiger partial charge in [0.2, 0.25) is 0 Å². The second-order valence-corrected chi connectivity index (χ2v) is 9.95. The van der Waals surface area contributed by atoms with Crippen LogP contribution >= 0.6 is 36.4 Å². The van der Waals surface area contributed by atoms with E-state index in [2.05, 4.69) is 15.9 Å². The first-order valence-corrected chi connectivity index (χ1v) is 12.2. The Morgan fingerprint density at radius 2 is 1.69 bits per heavy atom. The monoisotopic (exact) mass is 508 g/mol. The molecule has 3 fully saturated rings. The summed E-state index contributed by atoms with van der Waals surface area (Å²) in [6.45, 7) is 5.81. The molecule has 3 aliphatic rings. The second-order valence-electron chi connectivity index (χ2n) is 9.52. The van der Waals surface area contributed by atoms with Gasteiger partial charge in [-0.3, -0.25) is 4.90 Å². The molecule has 0 amide bonds. The Morgan fingerprint density at radius 3 is 2.34 bits per heavy atom. The minimum absolute atomic E-state index is 0. The Hall–Kier alpha value is -0.110. The van der Waals surface area contributed by atoms with Gasteiger partial charge in [0.25, 0.3) is 0 Å². The van der Waals surface area contributed by atoms with Crippen molar-refractivity contribution in [1.29, 1.82) is 0 Å². The van der Waals surface area contributed by atoms with Crippen molar-refractivity contribution in [3.63, 3.8) is 0 Å². The number of aliphatic hydroxyl groups is 2. The zero-order valence-corrected chi connectivity index (χ0v) is 21.2. The molecule has 0 radical (unpaired) electrons. The van der Waals surface area contributed by atoms with Gasteiger partial charge in [-0.1, -0.05) is 43.0 Å². The molecule has 2 aliphatic heterocycles. The van der Waals surface area contributed by atoms with Gasteiger partial charge in [0.1, 0.15) is 0 Å². The summed E-state index contributed by atoms with van der Waals surface area (Å²) in [6.07, 6.45) is 7.62. The van der Waals surface area contributed by atoms with Gasteiger partial charge in [-0.25, -0.2) is 0 Å². The highest BCUT2D eigenvalue weighted by Crippen LogP contribution is 2.41. The number of hydrogen-bond donors (Lipinski definition) is 2. The average Bonchev–Trinajstić information content (AvgIpc) is 2.74. The lowest BCUT2D eigenvalue weighted by atomic mass is 9.72. The summed E-state index contributed by atoms with van der Waals surface area (Å²) in [7, 11) is 0. The fourth-order valence-electron chi connectivity index (χ4n) is 5.53. The summed E-state index contributed by atoms with van der Waals surface area (Å²) < 4.78 is 5.70. The van der Waals surface area contributed by atoms with Crippen molar-refractivity contribution in [3.8, 4) is 0 Å². The number of hydrogen-bond acceptors (Lipinski definition) is 5. The summed E-state index contributed by atoms with van der Waals surface area (Å²) in [5.74, 6) is 0.0971. The Bertz CT molecular complexity index is 682. The fraction of sp³-hybridized carbons (Fsp3) is 0.750. The zero-order valence-electron chi connectivity index (χ0n) is 18.8. The van der Waals surface area contributed by atoms with E-state index in [-0.39, 0.29) is 36.8 Å². The van der Waals surface area contributed by atoms with Gasteiger partial charge in [0, 0.05) is 50.2 Å². The van der Waals surface area contributed by atoms with E-state index in [1.54, 1.807) is 0 Å². The quantitative estimate of drug-likeness (QED) is 0.593. The lowest BCUT2D eigenvalue weighted by Gasteiger charge is -2.44. The number of aliphatic hydroxyl groups excluding tert-OH is 1. The molecule has 1 aromatic carbocycles. The second kappa shape index (κ2) is 13.1. The van der Waals surface area contributed by atoms with Gasteiger partial charge in [-0.2, -0.15) is 0 Å². The third-order valence-corrected chi connectivity index (χ3v) is 7.55. The molecule has 2 heterocycles. The van der Waals surface area contributed by atoms with Crippen molar-refractivity contribution in [1.82, 2.24) is 9.80 Å². The van der Waals surface area contributed by atoms with Gasteiger partial charge in [0.15, 0.2) is 6.29 Å². The van der Waals surface area contributed by atoms with E-state index in [4.69, 9.17) is 16.3 Å². The molecular formula is C24H39Cl3N2O3. The molecule has 3 unspecified atom stereocenters. The largest absolute Gasteiger partial charge is 0.389 e. The van der Waals surface area contributed by atoms with Crippen LogP contribution in [-0.4, -0.2) is 77.3 Å². The van der Waals surface area contributed by atoms with Gasteiger partial charge >= 0.3 is 0 Å². The van der Waals surface area contributed by atoms with E-state index in [1.165, 1.54) is 12.0 Å². The maximum absolute atomic E-state index is 11.6. The first-order chi connectivity index (χ1) is 14.5. The first kappa shape index (κ1) is 28.1. The molecular weight excluding hydrogens is 471 g/mol. The smallest absolute Gasteiger partial charge is 0.154 e. The van der Waals surface area contributed by atoms with Crippen molar-refractivity contribution in [2.45, 2.75) is 75.3 Å². The minimum Gasteiger partial charge on any atom is -0.389 e. The molecule has 4 rings (SSSR count). The molecule has 1 aromatic rings. The zero-order chi connectivity index (χ0) is 21.0. The van der Waals surface area contributed by atoms with Crippen molar-refractivity contribution in [2.24, 2.45) is 0 Å². The molecule has 0 aromatic heterocycles. The number of rotatable bonds is 6. The molecule has 8 heteroatoms. The number of benzene rings is 1. The molecule has 3 atom stereocenters. The van der Waals surface area contributed by atoms with Gasteiger partial charge in [-0.15, -0.1) is 24.8 Å². The van der Waals surface area contributed by atoms with Crippen molar-refractivity contribution >= 4 is 36.4 Å². The summed E-state index contributed by atoms with van der Waals surface area (Å²) in [6, 6.07) is 8.09. The van der Waals surface area contributed by atoms with E-state index < -0.39 is 11.9 Å². The van der Waals surface area contributed by atoms with Crippen molar-refractivity contribution in [3.05, 3.63) is 34.9 Å². The lowest BCUT2D eigenvalue weighted by molar-refractivity contribution is -0.168.